The van der Waals surface area contributed by atoms with Crippen molar-refractivity contribution < 1.29 is 9.84 Å². The maximum Gasteiger partial charge on any atom is 0.136 e. The van der Waals surface area contributed by atoms with Crippen molar-refractivity contribution in [3.8, 4) is 11.8 Å². The fraction of sp³-hybridized carbons (Fsp3) is 0.588. The molecule has 2 atom stereocenters. The molecule has 114 valence electrons. The molecule has 0 bridgehead atoms. The van der Waals surface area contributed by atoms with Gasteiger partial charge in [-0.2, -0.15) is 5.26 Å². The maximum absolute atomic E-state index is 10.6. The van der Waals surface area contributed by atoms with Crippen LogP contribution in [0.3, 0.4) is 0 Å². The van der Waals surface area contributed by atoms with E-state index in [0.29, 0.717) is 30.3 Å². The highest BCUT2D eigenvalue weighted by Crippen LogP contribution is 2.31. The van der Waals surface area contributed by atoms with Crippen molar-refractivity contribution in [2.75, 3.05) is 13.7 Å². The second-order valence-electron chi connectivity index (χ2n) is 6.18. The summed E-state index contributed by atoms with van der Waals surface area (Å²) in [5, 5.41) is 23.0. The van der Waals surface area contributed by atoms with E-state index >= 15 is 0 Å². The Bertz CT molecular complexity index is 524. The number of rotatable bonds is 5. The van der Waals surface area contributed by atoms with E-state index in [4.69, 9.17) is 10.00 Å². The van der Waals surface area contributed by atoms with Crippen LogP contribution in [0.2, 0.25) is 0 Å². The van der Waals surface area contributed by atoms with E-state index in [1.54, 1.807) is 7.11 Å². The van der Waals surface area contributed by atoms with E-state index in [0.717, 1.165) is 24.8 Å². The van der Waals surface area contributed by atoms with Crippen LogP contribution in [-0.4, -0.2) is 24.4 Å². The third-order valence-corrected chi connectivity index (χ3v) is 4.24. The molecule has 0 aromatic heterocycles. The number of aliphatic hydroxyl groups is 1. The molecule has 0 aliphatic heterocycles. The second-order valence-corrected chi connectivity index (χ2v) is 6.18. The van der Waals surface area contributed by atoms with E-state index in [1.165, 1.54) is 6.42 Å². The number of ether oxygens (including phenoxy) is 1. The van der Waals surface area contributed by atoms with E-state index in [2.05, 4.69) is 18.3 Å². The van der Waals surface area contributed by atoms with Crippen LogP contribution in [0.1, 0.15) is 43.7 Å². The molecule has 0 spiro atoms. The highest BCUT2D eigenvalue weighted by Gasteiger charge is 2.31. The molecular formula is C17H24N2O2. The first-order chi connectivity index (χ1) is 10.1. The molecule has 1 fully saturated rings. The van der Waals surface area contributed by atoms with Crippen molar-refractivity contribution >= 4 is 0 Å². The van der Waals surface area contributed by atoms with Crippen molar-refractivity contribution in [3.05, 3.63) is 29.3 Å². The monoisotopic (exact) mass is 288 g/mol. The average Bonchev–Trinajstić information content (AvgIpc) is 2.46. The lowest BCUT2D eigenvalue weighted by atomic mass is 9.79. The van der Waals surface area contributed by atoms with Gasteiger partial charge in [-0.05, 0) is 36.5 Å². The van der Waals surface area contributed by atoms with Crippen LogP contribution < -0.4 is 10.1 Å². The van der Waals surface area contributed by atoms with Crippen molar-refractivity contribution in [2.45, 2.75) is 44.8 Å². The summed E-state index contributed by atoms with van der Waals surface area (Å²) in [5.74, 6) is 1.19. The van der Waals surface area contributed by atoms with Crippen LogP contribution in [0.4, 0.5) is 0 Å². The van der Waals surface area contributed by atoms with Crippen LogP contribution >= 0.6 is 0 Å². The van der Waals surface area contributed by atoms with Gasteiger partial charge in [0.25, 0.3) is 0 Å². The molecule has 21 heavy (non-hydrogen) atoms. The number of nitriles is 1. The lowest BCUT2D eigenvalue weighted by Crippen LogP contribution is -2.43. The molecule has 1 aliphatic rings. The Labute approximate surface area is 126 Å². The zero-order valence-corrected chi connectivity index (χ0v) is 12.9. The lowest BCUT2D eigenvalue weighted by molar-refractivity contribution is -0.0119. The number of nitrogens with zero attached hydrogens (tertiary/aromatic N) is 1. The Balaban J connectivity index is 1.90. The zero-order valence-electron chi connectivity index (χ0n) is 12.9. The summed E-state index contributed by atoms with van der Waals surface area (Å²) in [4.78, 5) is 0. The Morgan fingerprint density at radius 2 is 2.33 bits per heavy atom. The predicted molar refractivity (Wildman–Crippen MR) is 82.0 cm³/mol. The molecule has 1 aliphatic carbocycles. The van der Waals surface area contributed by atoms with Gasteiger partial charge >= 0.3 is 0 Å². The first-order valence-electron chi connectivity index (χ1n) is 7.56. The summed E-state index contributed by atoms with van der Waals surface area (Å²) >= 11 is 0. The molecule has 0 saturated heterocycles. The van der Waals surface area contributed by atoms with Gasteiger partial charge in [-0.25, -0.2) is 0 Å². The summed E-state index contributed by atoms with van der Waals surface area (Å²) in [6.45, 7) is 3.45. The fourth-order valence-electron chi connectivity index (χ4n) is 3.18. The van der Waals surface area contributed by atoms with E-state index < -0.39 is 5.60 Å². The number of nitrogens with one attached hydrogen (secondary N) is 1. The largest absolute Gasteiger partial charge is 0.495 e. The third-order valence-electron chi connectivity index (χ3n) is 4.24. The highest BCUT2D eigenvalue weighted by molar-refractivity contribution is 5.45. The lowest BCUT2D eigenvalue weighted by Gasteiger charge is -2.35. The van der Waals surface area contributed by atoms with Gasteiger partial charge in [0.05, 0.1) is 18.3 Å². The van der Waals surface area contributed by atoms with Gasteiger partial charge in [0.15, 0.2) is 0 Å². The van der Waals surface area contributed by atoms with Gasteiger partial charge in [-0.15, -0.1) is 0 Å². The van der Waals surface area contributed by atoms with Crippen LogP contribution in [0, 0.1) is 17.2 Å². The zero-order chi connectivity index (χ0) is 15.3. The molecule has 2 N–H and O–H groups in total. The highest BCUT2D eigenvalue weighted by atomic mass is 16.5. The molecule has 4 nitrogen and oxygen atoms in total. The topological polar surface area (TPSA) is 65.3 Å². The Hall–Kier alpha value is -1.57. The molecule has 1 aromatic rings. The third kappa shape index (κ3) is 4.20. The standard InChI is InChI=1S/C17H24N2O2/c1-13-4-3-7-17(20,9-13)12-19-11-14-5-6-16(21-2)15(8-14)10-18/h5-6,8,13,19-20H,3-4,7,9,11-12H2,1-2H3. The van der Waals surface area contributed by atoms with Crippen LogP contribution in [-0.2, 0) is 6.54 Å². The quantitative estimate of drug-likeness (QED) is 0.874. The first kappa shape index (κ1) is 15.8. The van der Waals surface area contributed by atoms with E-state index in [9.17, 15) is 5.11 Å². The number of methoxy groups -OCH3 is 1. The smallest absolute Gasteiger partial charge is 0.136 e. The summed E-state index contributed by atoms with van der Waals surface area (Å²) in [6.07, 6.45) is 4.05. The van der Waals surface area contributed by atoms with Gasteiger partial charge in [0.1, 0.15) is 11.8 Å². The van der Waals surface area contributed by atoms with Gasteiger partial charge in [0, 0.05) is 13.1 Å². The molecular weight excluding hydrogens is 264 g/mol. The molecule has 2 unspecified atom stereocenters. The summed E-state index contributed by atoms with van der Waals surface area (Å²) in [6, 6.07) is 7.73. The fourth-order valence-corrected chi connectivity index (χ4v) is 3.18. The van der Waals surface area contributed by atoms with Crippen LogP contribution in [0.25, 0.3) is 0 Å². The van der Waals surface area contributed by atoms with Crippen LogP contribution in [0.15, 0.2) is 18.2 Å². The molecule has 4 heteroatoms. The van der Waals surface area contributed by atoms with Crippen molar-refractivity contribution in [2.24, 2.45) is 5.92 Å². The summed E-state index contributed by atoms with van der Waals surface area (Å²) in [7, 11) is 1.56. The minimum atomic E-state index is -0.581. The minimum Gasteiger partial charge on any atom is -0.495 e. The van der Waals surface area contributed by atoms with Gasteiger partial charge in [0.2, 0.25) is 0 Å². The Morgan fingerprint density at radius 1 is 1.52 bits per heavy atom. The van der Waals surface area contributed by atoms with Gasteiger partial charge in [-0.1, -0.05) is 25.8 Å². The maximum atomic E-state index is 10.6. The number of benzene rings is 1. The average molecular weight is 288 g/mol. The number of hydrogen-bond donors (Lipinski definition) is 2. The molecule has 0 amide bonds. The molecule has 0 heterocycles. The molecule has 0 radical (unpaired) electrons. The van der Waals surface area contributed by atoms with Crippen molar-refractivity contribution in [3.63, 3.8) is 0 Å². The normalized spacial score (nSPS) is 25.3. The molecule has 2 rings (SSSR count). The Kier molecular flexibility index (Phi) is 5.22. The SMILES string of the molecule is COc1ccc(CNCC2(O)CCCC(C)C2)cc1C#N. The number of hydrogen-bond acceptors (Lipinski definition) is 4. The summed E-state index contributed by atoms with van der Waals surface area (Å²) in [5.41, 5.74) is 0.990. The van der Waals surface area contributed by atoms with Gasteiger partial charge < -0.3 is 15.2 Å². The van der Waals surface area contributed by atoms with E-state index in [1.807, 2.05) is 18.2 Å². The summed E-state index contributed by atoms with van der Waals surface area (Å²) < 4.78 is 5.14. The second kappa shape index (κ2) is 6.93. The van der Waals surface area contributed by atoms with Gasteiger partial charge in [-0.3, -0.25) is 0 Å². The van der Waals surface area contributed by atoms with Crippen molar-refractivity contribution in [1.82, 2.24) is 5.32 Å². The predicted octanol–water partition coefficient (Wildman–Crippen LogP) is 2.60. The molecule has 1 saturated carbocycles. The Morgan fingerprint density at radius 3 is 3.00 bits per heavy atom. The molecule has 1 aromatic carbocycles. The van der Waals surface area contributed by atoms with Crippen molar-refractivity contribution in [1.29, 1.82) is 5.26 Å². The van der Waals surface area contributed by atoms with Crippen LogP contribution in [0.5, 0.6) is 5.75 Å². The minimum absolute atomic E-state index is 0.543. The van der Waals surface area contributed by atoms with E-state index in [-0.39, 0.29) is 0 Å². The first-order valence-corrected chi connectivity index (χ1v) is 7.56.